The maximum atomic E-state index is 5.24. The third-order valence-electron chi connectivity index (χ3n) is 2.21. The van der Waals surface area contributed by atoms with Gasteiger partial charge in [-0.2, -0.15) is 0 Å². The molecule has 1 atom stereocenters. The fraction of sp³-hybridized carbons (Fsp3) is 1.00. The molecule has 2 heterocycles. The Kier molecular flexibility index (Phi) is 1.99. The highest BCUT2D eigenvalue weighted by Crippen LogP contribution is 2.27. The van der Waals surface area contributed by atoms with Gasteiger partial charge in [0.2, 0.25) is 0 Å². The normalized spacial score (nSPS) is 40.0. The summed E-state index contributed by atoms with van der Waals surface area (Å²) in [5.74, 6) is 0. The number of hydrogen-bond donors (Lipinski definition) is 1. The van der Waals surface area contributed by atoms with E-state index < -0.39 is 0 Å². The lowest BCUT2D eigenvalue weighted by Crippen LogP contribution is -2.57. The summed E-state index contributed by atoms with van der Waals surface area (Å²) in [7, 11) is 0. The lowest BCUT2D eigenvalue weighted by atomic mass is 9.88. The van der Waals surface area contributed by atoms with Crippen LogP contribution in [0.15, 0.2) is 0 Å². The summed E-state index contributed by atoms with van der Waals surface area (Å²) in [6.07, 6.45) is 2.56. The first-order chi connectivity index (χ1) is 3.91. The summed E-state index contributed by atoms with van der Waals surface area (Å²) in [5, 5.41) is 3.40. The third kappa shape index (κ3) is 1.07. The van der Waals surface area contributed by atoms with Crippen LogP contribution in [0.25, 0.3) is 0 Å². The van der Waals surface area contributed by atoms with Crippen molar-refractivity contribution in [2.24, 2.45) is 0 Å². The van der Waals surface area contributed by atoms with Crippen molar-refractivity contribution in [3.63, 3.8) is 0 Å². The van der Waals surface area contributed by atoms with Gasteiger partial charge in [-0.05, 0) is 19.4 Å². The lowest BCUT2D eigenvalue weighted by Gasteiger charge is -2.38. The van der Waals surface area contributed by atoms with Crippen molar-refractivity contribution in [2.45, 2.75) is 18.4 Å². The Hall–Kier alpha value is 0.210. The van der Waals surface area contributed by atoms with Crippen LogP contribution >= 0.6 is 12.4 Å². The van der Waals surface area contributed by atoms with E-state index >= 15 is 0 Å². The van der Waals surface area contributed by atoms with Gasteiger partial charge >= 0.3 is 0 Å². The first kappa shape index (κ1) is 7.32. The van der Waals surface area contributed by atoms with Crippen LogP contribution in [-0.2, 0) is 4.74 Å². The number of nitrogens with one attached hydrogen (secondary N) is 1. The molecular formula is C6H12ClNO. The monoisotopic (exact) mass is 149 g/mol. The zero-order valence-corrected chi connectivity index (χ0v) is 6.17. The van der Waals surface area contributed by atoms with Gasteiger partial charge in [0.1, 0.15) is 0 Å². The number of halogens is 1. The summed E-state index contributed by atoms with van der Waals surface area (Å²) in [6, 6.07) is 0. The number of rotatable bonds is 0. The Bertz CT molecular complexity index is 95.2. The fourth-order valence-corrected chi connectivity index (χ4v) is 1.42. The van der Waals surface area contributed by atoms with E-state index in [0.717, 1.165) is 13.2 Å². The van der Waals surface area contributed by atoms with Crippen LogP contribution in [0.1, 0.15) is 12.8 Å². The molecule has 0 aromatic heterocycles. The third-order valence-corrected chi connectivity index (χ3v) is 2.21. The Morgan fingerprint density at radius 2 is 2.11 bits per heavy atom. The molecular weight excluding hydrogens is 138 g/mol. The zero-order chi connectivity index (χ0) is 5.45. The topological polar surface area (TPSA) is 21.3 Å². The second-order valence-corrected chi connectivity index (χ2v) is 2.76. The summed E-state index contributed by atoms with van der Waals surface area (Å²) >= 11 is 0. The molecule has 2 aliphatic heterocycles. The lowest BCUT2D eigenvalue weighted by molar-refractivity contribution is 0.134. The molecule has 1 spiro atoms. The van der Waals surface area contributed by atoms with E-state index in [1.54, 1.807) is 0 Å². The van der Waals surface area contributed by atoms with Crippen molar-refractivity contribution < 1.29 is 4.74 Å². The molecule has 0 aromatic carbocycles. The van der Waals surface area contributed by atoms with Crippen molar-refractivity contribution in [3.8, 4) is 0 Å². The first-order valence-corrected chi connectivity index (χ1v) is 3.24. The van der Waals surface area contributed by atoms with Crippen molar-refractivity contribution in [2.75, 3.05) is 19.8 Å². The molecule has 2 nitrogen and oxygen atoms in total. The van der Waals surface area contributed by atoms with Gasteiger partial charge in [0, 0.05) is 12.1 Å². The summed E-state index contributed by atoms with van der Waals surface area (Å²) in [4.78, 5) is 0. The minimum absolute atomic E-state index is 0. The van der Waals surface area contributed by atoms with Gasteiger partial charge < -0.3 is 10.1 Å². The van der Waals surface area contributed by atoms with Crippen molar-refractivity contribution in [1.82, 2.24) is 5.32 Å². The van der Waals surface area contributed by atoms with Crippen molar-refractivity contribution in [1.29, 1.82) is 0 Å². The highest BCUT2D eigenvalue weighted by molar-refractivity contribution is 5.85. The van der Waals surface area contributed by atoms with Crippen molar-refractivity contribution in [3.05, 3.63) is 0 Å². The average molecular weight is 150 g/mol. The standard InChI is InChI=1S/C6H11NO.ClH/c1-3-7-6(1)2-4-8-5-6;/h7H,1-5H2;1H. The average Bonchev–Trinajstić information content (AvgIpc) is 2.07. The molecule has 1 N–H and O–H groups in total. The van der Waals surface area contributed by atoms with E-state index in [-0.39, 0.29) is 12.4 Å². The fourth-order valence-electron chi connectivity index (χ4n) is 1.42. The molecule has 2 fully saturated rings. The maximum absolute atomic E-state index is 5.24. The molecule has 2 aliphatic rings. The van der Waals surface area contributed by atoms with E-state index in [0.29, 0.717) is 5.54 Å². The smallest absolute Gasteiger partial charge is 0.0649 e. The van der Waals surface area contributed by atoms with Crippen LogP contribution in [0, 0.1) is 0 Å². The summed E-state index contributed by atoms with van der Waals surface area (Å²) in [5.41, 5.74) is 0.444. The van der Waals surface area contributed by atoms with E-state index in [1.807, 2.05) is 0 Å². The molecule has 0 saturated carbocycles. The van der Waals surface area contributed by atoms with Crippen molar-refractivity contribution >= 4 is 12.4 Å². The van der Waals surface area contributed by atoms with E-state index in [4.69, 9.17) is 4.74 Å². The van der Waals surface area contributed by atoms with Crippen LogP contribution in [0.3, 0.4) is 0 Å². The summed E-state index contributed by atoms with van der Waals surface area (Å²) < 4.78 is 5.24. The highest BCUT2D eigenvalue weighted by atomic mass is 35.5. The molecule has 0 bridgehead atoms. The number of hydrogen-bond acceptors (Lipinski definition) is 2. The highest BCUT2D eigenvalue weighted by Gasteiger charge is 2.39. The minimum Gasteiger partial charge on any atom is -0.379 e. The summed E-state index contributed by atoms with van der Waals surface area (Å²) in [6.45, 7) is 3.11. The van der Waals surface area contributed by atoms with Gasteiger partial charge in [0.05, 0.1) is 6.61 Å². The zero-order valence-electron chi connectivity index (χ0n) is 5.35. The molecule has 9 heavy (non-hydrogen) atoms. The number of ether oxygens (including phenoxy) is 1. The molecule has 54 valence electrons. The molecule has 0 amide bonds. The largest absolute Gasteiger partial charge is 0.379 e. The van der Waals surface area contributed by atoms with Crippen LogP contribution in [0.2, 0.25) is 0 Å². The Balaban J connectivity index is 0.000000405. The maximum Gasteiger partial charge on any atom is 0.0649 e. The minimum atomic E-state index is 0. The predicted octanol–water partition coefficient (Wildman–Crippen LogP) is 0.561. The van der Waals surface area contributed by atoms with Gasteiger partial charge in [-0.1, -0.05) is 0 Å². The van der Waals surface area contributed by atoms with Crippen LogP contribution < -0.4 is 5.32 Å². The van der Waals surface area contributed by atoms with Crippen LogP contribution in [0.5, 0.6) is 0 Å². The van der Waals surface area contributed by atoms with Gasteiger partial charge in [-0.15, -0.1) is 12.4 Å². The second kappa shape index (κ2) is 2.45. The second-order valence-electron chi connectivity index (χ2n) is 2.76. The van der Waals surface area contributed by atoms with E-state index in [9.17, 15) is 0 Å². The molecule has 3 heteroatoms. The van der Waals surface area contributed by atoms with Gasteiger partial charge in [0.15, 0.2) is 0 Å². The molecule has 2 saturated heterocycles. The van der Waals surface area contributed by atoms with Gasteiger partial charge in [0.25, 0.3) is 0 Å². The Morgan fingerprint density at radius 1 is 1.33 bits per heavy atom. The predicted molar refractivity (Wildman–Crippen MR) is 38.0 cm³/mol. The molecule has 0 radical (unpaired) electrons. The Labute approximate surface area is 61.4 Å². The molecule has 0 aliphatic carbocycles. The quantitative estimate of drug-likeness (QED) is 0.544. The molecule has 1 unspecified atom stereocenters. The van der Waals surface area contributed by atoms with E-state index in [2.05, 4.69) is 5.32 Å². The van der Waals surface area contributed by atoms with Crippen LogP contribution in [0.4, 0.5) is 0 Å². The first-order valence-electron chi connectivity index (χ1n) is 3.24. The Morgan fingerprint density at radius 3 is 2.33 bits per heavy atom. The van der Waals surface area contributed by atoms with Gasteiger partial charge in [-0.25, -0.2) is 0 Å². The molecule has 2 rings (SSSR count). The molecule has 0 aromatic rings. The SMILES string of the molecule is C1CC2(CCOC2)N1.Cl. The van der Waals surface area contributed by atoms with Gasteiger partial charge in [-0.3, -0.25) is 0 Å². The van der Waals surface area contributed by atoms with Crippen LogP contribution in [-0.4, -0.2) is 25.3 Å². The van der Waals surface area contributed by atoms with E-state index in [1.165, 1.54) is 19.4 Å².